The first kappa shape index (κ1) is 4.24. The van der Waals surface area contributed by atoms with Gasteiger partial charge in [0.2, 0.25) is 0 Å². The minimum absolute atomic E-state index is 0.173. The Labute approximate surface area is 33.7 Å². The molecule has 0 unspecified atom stereocenters. The van der Waals surface area contributed by atoms with Crippen molar-refractivity contribution < 1.29 is 17.8 Å². The zero-order valence-electron chi connectivity index (χ0n) is 2.76. The molecule has 1 aliphatic rings. The van der Waals surface area contributed by atoms with Gasteiger partial charge < -0.3 is 0 Å². The van der Waals surface area contributed by atoms with Gasteiger partial charge in [-0.2, -0.15) is 0 Å². The Morgan fingerprint density at radius 1 is 1.67 bits per heavy atom. The zero-order chi connectivity index (χ0) is 4.62. The molecule has 36 valence electrons. The van der Waals surface area contributed by atoms with Gasteiger partial charge in [0.25, 0.3) is 0 Å². The van der Waals surface area contributed by atoms with Crippen LogP contribution >= 0.6 is 7.91 Å². The van der Waals surface area contributed by atoms with E-state index in [2.05, 4.69) is 9.05 Å². The summed E-state index contributed by atoms with van der Waals surface area (Å²) in [5, 5.41) is 0. The number of hydrogen-bond acceptors (Lipinski definition) is 3. The highest BCUT2D eigenvalue weighted by atomic mass is 31.2. The molecule has 0 aromatic rings. The Bertz CT molecular complexity index is 93.0. The minimum atomic E-state index is -3.97. The first-order chi connectivity index (χ1) is 2.71. The number of rotatable bonds is 0. The second kappa shape index (κ2) is 1.03. The van der Waals surface area contributed by atoms with Crippen molar-refractivity contribution in [3.8, 4) is 0 Å². The Kier molecular flexibility index (Phi) is 0.726. The highest BCUT2D eigenvalue weighted by molar-refractivity contribution is 7.49. The standard InChI is InChI=1S/CH2FO3P/c2-6(3)4-1-5-6/h1H2. The summed E-state index contributed by atoms with van der Waals surface area (Å²) in [6.07, 6.45) is 0. The van der Waals surface area contributed by atoms with Crippen molar-refractivity contribution in [1.82, 2.24) is 0 Å². The van der Waals surface area contributed by atoms with Crippen molar-refractivity contribution in [3.63, 3.8) is 0 Å². The van der Waals surface area contributed by atoms with Gasteiger partial charge in [-0.05, 0) is 0 Å². The molecule has 1 aliphatic heterocycles. The van der Waals surface area contributed by atoms with E-state index in [0.717, 1.165) is 0 Å². The quantitative estimate of drug-likeness (QED) is 0.439. The van der Waals surface area contributed by atoms with E-state index < -0.39 is 7.91 Å². The topological polar surface area (TPSA) is 35.5 Å². The van der Waals surface area contributed by atoms with Crippen molar-refractivity contribution in [3.05, 3.63) is 0 Å². The van der Waals surface area contributed by atoms with Crippen molar-refractivity contribution in [2.45, 2.75) is 0 Å². The van der Waals surface area contributed by atoms with Crippen LogP contribution in [0.4, 0.5) is 4.20 Å². The van der Waals surface area contributed by atoms with Crippen LogP contribution in [-0.4, -0.2) is 6.79 Å². The van der Waals surface area contributed by atoms with Crippen LogP contribution < -0.4 is 0 Å². The summed E-state index contributed by atoms with van der Waals surface area (Å²) in [5.74, 6) is 0. The lowest BCUT2D eigenvalue weighted by molar-refractivity contribution is -0.0118. The molecule has 0 spiro atoms. The fourth-order valence-electron chi connectivity index (χ4n) is 0.136. The van der Waals surface area contributed by atoms with Crippen LogP contribution in [0, 0.1) is 0 Å². The average molecular weight is 112 g/mol. The molecule has 3 nitrogen and oxygen atoms in total. The van der Waals surface area contributed by atoms with Gasteiger partial charge in [0.1, 0.15) is 0 Å². The van der Waals surface area contributed by atoms with Crippen LogP contribution in [0.15, 0.2) is 0 Å². The van der Waals surface area contributed by atoms with Gasteiger partial charge >= 0.3 is 7.91 Å². The van der Waals surface area contributed by atoms with Gasteiger partial charge in [0, 0.05) is 0 Å². The van der Waals surface area contributed by atoms with E-state index in [1.54, 1.807) is 0 Å². The lowest BCUT2D eigenvalue weighted by Gasteiger charge is -2.15. The van der Waals surface area contributed by atoms with E-state index >= 15 is 0 Å². The maximum atomic E-state index is 11.3. The molecule has 5 heteroatoms. The number of halogens is 1. The van der Waals surface area contributed by atoms with Gasteiger partial charge in [-0.15, -0.1) is 4.20 Å². The SMILES string of the molecule is O=P1(F)OCO1. The van der Waals surface area contributed by atoms with Crippen molar-refractivity contribution in [1.29, 1.82) is 0 Å². The van der Waals surface area contributed by atoms with Crippen LogP contribution in [0.5, 0.6) is 0 Å². The molecule has 6 heavy (non-hydrogen) atoms. The van der Waals surface area contributed by atoms with E-state index in [1.165, 1.54) is 0 Å². The first-order valence-corrected chi connectivity index (χ1v) is 2.73. The Morgan fingerprint density at radius 3 is 2.00 bits per heavy atom. The monoisotopic (exact) mass is 112 g/mol. The van der Waals surface area contributed by atoms with Gasteiger partial charge in [-0.1, -0.05) is 0 Å². The maximum Gasteiger partial charge on any atom is 0.517 e. The van der Waals surface area contributed by atoms with Gasteiger partial charge in [0.05, 0.1) is 0 Å². The fourth-order valence-corrected chi connectivity index (χ4v) is 0.407. The molecule has 0 radical (unpaired) electrons. The highest BCUT2D eigenvalue weighted by Crippen LogP contribution is 2.56. The third-order valence-electron chi connectivity index (χ3n) is 0.414. The smallest absolute Gasteiger partial charge is 0.255 e. The van der Waals surface area contributed by atoms with Crippen molar-refractivity contribution in [2.75, 3.05) is 6.79 Å². The molecule has 0 N–H and O–H groups in total. The summed E-state index contributed by atoms with van der Waals surface area (Å²) in [5.41, 5.74) is 0. The summed E-state index contributed by atoms with van der Waals surface area (Å²) in [7, 11) is -3.97. The average Bonchev–Trinajstić information content (AvgIpc) is 1.32. The normalized spacial score (nSPS) is 28.8. The fraction of sp³-hybridized carbons (Fsp3) is 1.00. The summed E-state index contributed by atoms with van der Waals surface area (Å²) in [6, 6.07) is 0. The molecular formula is CH2FO3P. The molecule has 1 rings (SSSR count). The van der Waals surface area contributed by atoms with E-state index in [-0.39, 0.29) is 6.79 Å². The number of hydrogen-bond donors (Lipinski definition) is 0. The predicted molar refractivity (Wildman–Crippen MR) is 15.8 cm³/mol. The van der Waals surface area contributed by atoms with Crippen molar-refractivity contribution in [2.24, 2.45) is 0 Å². The molecule has 1 fully saturated rings. The molecule has 0 aliphatic carbocycles. The molecule has 1 saturated heterocycles. The molecule has 1 heterocycles. The summed E-state index contributed by atoms with van der Waals surface area (Å²) < 4.78 is 28.4. The Balaban J connectivity index is 2.53. The van der Waals surface area contributed by atoms with E-state index in [0.29, 0.717) is 0 Å². The lowest BCUT2D eigenvalue weighted by atomic mass is 11.6. The third kappa shape index (κ3) is 0.593. The second-order valence-electron chi connectivity index (χ2n) is 0.807. The molecule has 0 aromatic heterocycles. The summed E-state index contributed by atoms with van der Waals surface area (Å²) >= 11 is 0. The first-order valence-electron chi connectivity index (χ1n) is 1.29. The third-order valence-corrected chi connectivity index (χ3v) is 1.24. The van der Waals surface area contributed by atoms with Crippen LogP contribution in [0.25, 0.3) is 0 Å². The van der Waals surface area contributed by atoms with Crippen LogP contribution in [-0.2, 0) is 13.6 Å². The van der Waals surface area contributed by atoms with Crippen molar-refractivity contribution >= 4 is 7.91 Å². The second-order valence-corrected chi connectivity index (χ2v) is 2.18. The summed E-state index contributed by atoms with van der Waals surface area (Å²) in [6.45, 7) is -0.173. The van der Waals surface area contributed by atoms with Gasteiger partial charge in [-0.3, -0.25) is 9.05 Å². The Morgan fingerprint density at radius 2 is 2.00 bits per heavy atom. The van der Waals surface area contributed by atoms with E-state index in [1.807, 2.05) is 0 Å². The Hall–Kier alpha value is 0.0800. The van der Waals surface area contributed by atoms with Gasteiger partial charge in [0.15, 0.2) is 6.79 Å². The molecule has 0 amide bonds. The van der Waals surface area contributed by atoms with Crippen LogP contribution in [0.2, 0.25) is 0 Å². The summed E-state index contributed by atoms with van der Waals surface area (Å²) in [4.78, 5) is 0. The molecule has 0 aromatic carbocycles. The largest absolute Gasteiger partial charge is 0.517 e. The molecule has 0 saturated carbocycles. The molecule has 0 bridgehead atoms. The zero-order valence-corrected chi connectivity index (χ0v) is 3.65. The van der Waals surface area contributed by atoms with Gasteiger partial charge in [-0.25, -0.2) is 4.57 Å². The van der Waals surface area contributed by atoms with E-state index in [4.69, 9.17) is 0 Å². The van der Waals surface area contributed by atoms with Crippen LogP contribution in [0.3, 0.4) is 0 Å². The maximum absolute atomic E-state index is 11.3. The minimum Gasteiger partial charge on any atom is -0.255 e. The molecular weight excluding hydrogens is 110 g/mol. The molecule has 0 atom stereocenters. The van der Waals surface area contributed by atoms with Crippen LogP contribution in [0.1, 0.15) is 0 Å². The lowest BCUT2D eigenvalue weighted by Crippen LogP contribution is -2.04. The highest BCUT2D eigenvalue weighted by Gasteiger charge is 2.33. The van der Waals surface area contributed by atoms with E-state index in [9.17, 15) is 8.76 Å². The predicted octanol–water partition coefficient (Wildman–Crippen LogP) is 1.07.